The third kappa shape index (κ3) is 2.85. The topological polar surface area (TPSA) is 42.2 Å². The Balaban J connectivity index is 2.01. The summed E-state index contributed by atoms with van der Waals surface area (Å²) in [7, 11) is 2.21. The van der Waals surface area contributed by atoms with Crippen LogP contribution in [0.5, 0.6) is 0 Å². The molecule has 3 heteroatoms. The summed E-state index contributed by atoms with van der Waals surface area (Å²) in [5.41, 5.74) is 8.51. The molecule has 2 atom stereocenters. The Morgan fingerprint density at radius 1 is 1.47 bits per heavy atom. The lowest BCUT2D eigenvalue weighted by Gasteiger charge is -2.29. The van der Waals surface area contributed by atoms with Gasteiger partial charge in [-0.2, -0.15) is 0 Å². The van der Waals surface area contributed by atoms with E-state index >= 15 is 0 Å². The second kappa shape index (κ2) is 5.61. The maximum absolute atomic E-state index is 5.85. The van der Waals surface area contributed by atoms with Crippen molar-refractivity contribution in [1.82, 2.24) is 9.88 Å². The summed E-state index contributed by atoms with van der Waals surface area (Å²) in [6, 6.07) is 2.73. The average Bonchev–Trinajstić information content (AvgIpc) is 2.80. The number of hydrogen-bond acceptors (Lipinski definition) is 3. The third-order valence-electron chi connectivity index (χ3n) is 4.06. The van der Waals surface area contributed by atoms with E-state index in [4.69, 9.17) is 5.73 Å². The lowest BCUT2D eigenvalue weighted by molar-refractivity contribution is 0.192. The van der Waals surface area contributed by atoms with E-state index in [-0.39, 0.29) is 0 Å². The lowest BCUT2D eigenvalue weighted by atomic mass is 10.0. The molecule has 2 unspecified atom stereocenters. The SMILES string of the molecule is Cc1ccncc1CN(C)C1CCCC1CN. The first-order valence-corrected chi connectivity index (χ1v) is 6.52. The van der Waals surface area contributed by atoms with Gasteiger partial charge >= 0.3 is 0 Å². The molecule has 2 rings (SSSR count). The highest BCUT2D eigenvalue weighted by atomic mass is 15.1. The first-order chi connectivity index (χ1) is 8.22. The van der Waals surface area contributed by atoms with Crippen molar-refractivity contribution in [3.05, 3.63) is 29.6 Å². The highest BCUT2D eigenvalue weighted by molar-refractivity contribution is 5.21. The van der Waals surface area contributed by atoms with Crippen LogP contribution in [0.15, 0.2) is 18.5 Å². The van der Waals surface area contributed by atoms with Crippen molar-refractivity contribution in [1.29, 1.82) is 0 Å². The van der Waals surface area contributed by atoms with E-state index < -0.39 is 0 Å². The van der Waals surface area contributed by atoms with Crippen LogP contribution >= 0.6 is 0 Å². The molecule has 0 spiro atoms. The predicted octanol–water partition coefficient (Wildman–Crippen LogP) is 1.95. The van der Waals surface area contributed by atoms with Crippen LogP contribution in [0.4, 0.5) is 0 Å². The first kappa shape index (κ1) is 12.5. The fourth-order valence-electron chi connectivity index (χ4n) is 2.92. The summed E-state index contributed by atoms with van der Waals surface area (Å²) in [6.45, 7) is 3.96. The smallest absolute Gasteiger partial charge is 0.0315 e. The van der Waals surface area contributed by atoms with Crippen molar-refractivity contribution in [3.8, 4) is 0 Å². The van der Waals surface area contributed by atoms with Crippen molar-refractivity contribution in [2.24, 2.45) is 11.7 Å². The van der Waals surface area contributed by atoms with Crippen LogP contribution < -0.4 is 5.73 Å². The molecule has 0 radical (unpaired) electrons. The standard InChI is InChI=1S/C14H23N3/c1-11-6-7-16-9-13(11)10-17(2)14-5-3-4-12(14)8-15/h6-7,9,12,14H,3-5,8,10,15H2,1-2H3. The van der Waals surface area contributed by atoms with E-state index in [9.17, 15) is 0 Å². The van der Waals surface area contributed by atoms with Crippen molar-refractivity contribution >= 4 is 0 Å². The number of aromatic nitrogens is 1. The van der Waals surface area contributed by atoms with Gasteiger partial charge in [0.25, 0.3) is 0 Å². The van der Waals surface area contributed by atoms with Crippen LogP contribution in [-0.2, 0) is 6.54 Å². The lowest BCUT2D eigenvalue weighted by Crippen LogP contribution is -2.37. The Kier molecular flexibility index (Phi) is 4.13. The average molecular weight is 233 g/mol. The van der Waals surface area contributed by atoms with Crippen molar-refractivity contribution in [3.63, 3.8) is 0 Å². The van der Waals surface area contributed by atoms with Gasteiger partial charge in [-0.05, 0) is 56.5 Å². The molecule has 1 aliphatic carbocycles. The summed E-state index contributed by atoms with van der Waals surface area (Å²) in [4.78, 5) is 6.67. The maximum atomic E-state index is 5.85. The minimum Gasteiger partial charge on any atom is -0.330 e. The van der Waals surface area contributed by atoms with Crippen LogP contribution in [0.3, 0.4) is 0 Å². The normalized spacial score (nSPS) is 24.5. The van der Waals surface area contributed by atoms with E-state index in [2.05, 4.69) is 29.9 Å². The maximum Gasteiger partial charge on any atom is 0.0315 e. The minimum absolute atomic E-state index is 0.652. The first-order valence-electron chi connectivity index (χ1n) is 6.52. The third-order valence-corrected chi connectivity index (χ3v) is 4.06. The zero-order valence-corrected chi connectivity index (χ0v) is 10.9. The molecule has 0 aliphatic heterocycles. The molecule has 0 saturated heterocycles. The van der Waals surface area contributed by atoms with Gasteiger partial charge in [-0.3, -0.25) is 9.88 Å². The van der Waals surface area contributed by atoms with Crippen molar-refractivity contribution < 1.29 is 0 Å². The van der Waals surface area contributed by atoms with Gasteiger partial charge in [0.05, 0.1) is 0 Å². The van der Waals surface area contributed by atoms with Gasteiger partial charge in [-0.15, -0.1) is 0 Å². The van der Waals surface area contributed by atoms with E-state index in [1.54, 1.807) is 0 Å². The molecule has 1 heterocycles. The molecule has 1 fully saturated rings. The molecule has 94 valence electrons. The molecule has 0 bridgehead atoms. The summed E-state index contributed by atoms with van der Waals surface area (Å²) in [6.07, 6.45) is 7.74. The molecule has 3 nitrogen and oxygen atoms in total. The van der Waals surface area contributed by atoms with Gasteiger partial charge in [-0.25, -0.2) is 0 Å². The predicted molar refractivity (Wildman–Crippen MR) is 70.6 cm³/mol. The van der Waals surface area contributed by atoms with E-state index in [1.165, 1.54) is 30.4 Å². The summed E-state index contributed by atoms with van der Waals surface area (Å²) >= 11 is 0. The molecule has 1 saturated carbocycles. The Bertz CT molecular complexity index is 364. The quantitative estimate of drug-likeness (QED) is 0.864. The number of pyridine rings is 1. The molecule has 0 amide bonds. The van der Waals surface area contributed by atoms with Gasteiger partial charge in [0.2, 0.25) is 0 Å². The number of nitrogens with zero attached hydrogens (tertiary/aromatic N) is 2. The number of rotatable bonds is 4. The Morgan fingerprint density at radius 2 is 2.29 bits per heavy atom. The van der Waals surface area contributed by atoms with E-state index in [1.807, 2.05) is 12.4 Å². The molecule has 1 aromatic heterocycles. The van der Waals surface area contributed by atoms with Gasteiger partial charge in [-0.1, -0.05) is 6.42 Å². The second-order valence-corrected chi connectivity index (χ2v) is 5.21. The zero-order valence-electron chi connectivity index (χ0n) is 10.9. The Labute approximate surface area is 104 Å². The van der Waals surface area contributed by atoms with Gasteiger partial charge in [0.1, 0.15) is 0 Å². The van der Waals surface area contributed by atoms with Crippen molar-refractivity contribution in [2.45, 2.75) is 38.8 Å². The molecular weight excluding hydrogens is 210 g/mol. The minimum atomic E-state index is 0.652. The summed E-state index contributed by atoms with van der Waals surface area (Å²) < 4.78 is 0. The fourth-order valence-corrected chi connectivity index (χ4v) is 2.92. The van der Waals surface area contributed by atoms with Crippen molar-refractivity contribution in [2.75, 3.05) is 13.6 Å². The number of aryl methyl sites for hydroxylation is 1. The molecular formula is C14H23N3. The summed E-state index contributed by atoms with van der Waals surface area (Å²) in [5.74, 6) is 0.678. The molecule has 2 N–H and O–H groups in total. The van der Waals surface area contributed by atoms with E-state index in [0.717, 1.165) is 13.1 Å². The highest BCUT2D eigenvalue weighted by Crippen LogP contribution is 2.29. The molecule has 0 aromatic carbocycles. The fraction of sp³-hybridized carbons (Fsp3) is 0.643. The van der Waals surface area contributed by atoms with Gasteiger partial charge in [0, 0.05) is 25.0 Å². The van der Waals surface area contributed by atoms with Crippen LogP contribution in [-0.4, -0.2) is 29.5 Å². The van der Waals surface area contributed by atoms with Gasteiger partial charge in [0.15, 0.2) is 0 Å². The number of nitrogens with two attached hydrogens (primary N) is 1. The Morgan fingerprint density at radius 3 is 3.00 bits per heavy atom. The molecule has 1 aliphatic rings. The largest absolute Gasteiger partial charge is 0.330 e. The second-order valence-electron chi connectivity index (χ2n) is 5.21. The molecule has 17 heavy (non-hydrogen) atoms. The van der Waals surface area contributed by atoms with Crippen LogP contribution in [0.2, 0.25) is 0 Å². The highest BCUT2D eigenvalue weighted by Gasteiger charge is 2.29. The zero-order chi connectivity index (χ0) is 12.3. The molecule has 1 aromatic rings. The van der Waals surface area contributed by atoms with Crippen LogP contribution in [0.25, 0.3) is 0 Å². The Hall–Kier alpha value is -0.930. The van der Waals surface area contributed by atoms with E-state index in [0.29, 0.717) is 12.0 Å². The van der Waals surface area contributed by atoms with Gasteiger partial charge < -0.3 is 5.73 Å². The van der Waals surface area contributed by atoms with Crippen LogP contribution in [0.1, 0.15) is 30.4 Å². The van der Waals surface area contributed by atoms with Crippen LogP contribution in [0, 0.1) is 12.8 Å². The monoisotopic (exact) mass is 233 g/mol. The summed E-state index contributed by atoms with van der Waals surface area (Å²) in [5, 5.41) is 0. The number of hydrogen-bond donors (Lipinski definition) is 1.